The van der Waals surface area contributed by atoms with Crippen molar-refractivity contribution in [1.82, 2.24) is 25.7 Å². The largest absolute Gasteiger partial charge is 0.350 e. The van der Waals surface area contributed by atoms with Crippen molar-refractivity contribution in [3.63, 3.8) is 0 Å². The number of unbranched alkanes of at least 4 members (excludes halogenated alkanes) is 1. The van der Waals surface area contributed by atoms with Crippen molar-refractivity contribution in [2.75, 3.05) is 11.9 Å². The van der Waals surface area contributed by atoms with Crippen LogP contribution in [-0.4, -0.2) is 38.8 Å². The molecular formula is C23H28N6O2S. The number of hydrogen-bond acceptors (Lipinski definition) is 7. The van der Waals surface area contributed by atoms with Crippen LogP contribution in [0.3, 0.4) is 0 Å². The quantitative estimate of drug-likeness (QED) is 0.431. The average molecular weight is 453 g/mol. The zero-order valence-electron chi connectivity index (χ0n) is 18.4. The number of rotatable bonds is 11. The van der Waals surface area contributed by atoms with Crippen molar-refractivity contribution in [3.8, 4) is 0 Å². The van der Waals surface area contributed by atoms with Crippen LogP contribution in [0.15, 0.2) is 36.4 Å². The van der Waals surface area contributed by atoms with Gasteiger partial charge in [0, 0.05) is 13.0 Å². The van der Waals surface area contributed by atoms with Crippen molar-refractivity contribution in [3.05, 3.63) is 63.2 Å². The van der Waals surface area contributed by atoms with Crippen LogP contribution in [0.1, 0.15) is 57.8 Å². The number of anilines is 1. The van der Waals surface area contributed by atoms with Crippen LogP contribution < -0.4 is 10.6 Å². The fourth-order valence-corrected chi connectivity index (χ4v) is 3.90. The van der Waals surface area contributed by atoms with Crippen molar-refractivity contribution >= 4 is 29.0 Å². The Bertz CT molecular complexity index is 1030. The third kappa shape index (κ3) is 7.49. The number of carbonyl (C=O) groups is 2. The molecule has 0 aliphatic rings. The fourth-order valence-electron chi connectivity index (χ4n) is 3.10. The molecule has 2 aromatic heterocycles. The van der Waals surface area contributed by atoms with Gasteiger partial charge in [0.15, 0.2) is 5.82 Å². The van der Waals surface area contributed by atoms with E-state index < -0.39 is 0 Å². The molecule has 2 amide bonds. The van der Waals surface area contributed by atoms with Crippen LogP contribution in [0.2, 0.25) is 0 Å². The van der Waals surface area contributed by atoms with Crippen LogP contribution in [0, 0.1) is 6.92 Å². The summed E-state index contributed by atoms with van der Waals surface area (Å²) < 4.78 is 0. The van der Waals surface area contributed by atoms with Gasteiger partial charge in [-0.05, 0) is 50.3 Å². The second-order valence-corrected chi connectivity index (χ2v) is 8.65. The molecule has 9 heteroatoms. The molecule has 3 aromatic rings. The second-order valence-electron chi connectivity index (χ2n) is 7.59. The number of aromatic nitrogens is 4. The highest BCUT2D eigenvalue weighted by molar-refractivity contribution is 7.13. The van der Waals surface area contributed by atoms with Gasteiger partial charge in [-0.15, -0.1) is 15.3 Å². The van der Waals surface area contributed by atoms with Gasteiger partial charge in [-0.25, -0.2) is 0 Å². The molecule has 0 aliphatic carbocycles. The minimum atomic E-state index is -0.156. The number of hydrogen-bond donors (Lipinski definition) is 2. The molecule has 32 heavy (non-hydrogen) atoms. The Morgan fingerprint density at radius 1 is 1.00 bits per heavy atom. The second kappa shape index (κ2) is 12.0. The van der Waals surface area contributed by atoms with E-state index in [9.17, 15) is 9.59 Å². The molecule has 3 rings (SSSR count). The van der Waals surface area contributed by atoms with Crippen LogP contribution >= 0.6 is 11.3 Å². The van der Waals surface area contributed by atoms with E-state index >= 15 is 0 Å². The maximum absolute atomic E-state index is 12.2. The summed E-state index contributed by atoms with van der Waals surface area (Å²) in [4.78, 5) is 24.1. The molecule has 0 saturated carbocycles. The molecule has 0 unspecified atom stereocenters. The molecule has 2 heterocycles. The van der Waals surface area contributed by atoms with E-state index in [0.29, 0.717) is 23.8 Å². The summed E-state index contributed by atoms with van der Waals surface area (Å²) in [6.45, 7) is 4.65. The van der Waals surface area contributed by atoms with E-state index in [0.717, 1.165) is 53.9 Å². The summed E-state index contributed by atoms with van der Waals surface area (Å²) in [5.41, 5.74) is 2.97. The maximum Gasteiger partial charge on any atom is 0.282 e. The first-order chi connectivity index (χ1) is 15.5. The molecule has 1 aromatic carbocycles. The Morgan fingerprint density at radius 3 is 2.59 bits per heavy atom. The number of nitrogens with one attached hydrogen (secondary N) is 2. The summed E-state index contributed by atoms with van der Waals surface area (Å²) in [6.07, 6.45) is 4.60. The molecule has 0 radical (unpaired) electrons. The monoisotopic (exact) mass is 452 g/mol. The van der Waals surface area contributed by atoms with E-state index in [-0.39, 0.29) is 11.8 Å². The van der Waals surface area contributed by atoms with Crippen molar-refractivity contribution < 1.29 is 9.59 Å². The minimum Gasteiger partial charge on any atom is -0.350 e. The van der Waals surface area contributed by atoms with E-state index in [4.69, 9.17) is 0 Å². The van der Waals surface area contributed by atoms with E-state index in [1.54, 1.807) is 6.07 Å². The van der Waals surface area contributed by atoms with Crippen molar-refractivity contribution in [2.45, 2.75) is 52.4 Å². The molecule has 168 valence electrons. The first-order valence-electron chi connectivity index (χ1n) is 10.8. The molecule has 0 fully saturated rings. The summed E-state index contributed by atoms with van der Waals surface area (Å²) in [5.74, 6) is 0.184. The summed E-state index contributed by atoms with van der Waals surface area (Å²) >= 11 is 1.34. The highest BCUT2D eigenvalue weighted by atomic mass is 32.1. The Morgan fingerprint density at radius 2 is 1.84 bits per heavy atom. The molecule has 0 spiro atoms. The minimum absolute atomic E-state index is 0.113. The fraction of sp³-hybridized carbons (Fsp3) is 0.391. The number of nitrogens with zero attached hydrogens (tertiary/aromatic N) is 4. The average Bonchev–Trinajstić information content (AvgIpc) is 3.25. The Balaban J connectivity index is 1.38. The van der Waals surface area contributed by atoms with Gasteiger partial charge in [-0.1, -0.05) is 48.1 Å². The predicted molar refractivity (Wildman–Crippen MR) is 125 cm³/mol. The van der Waals surface area contributed by atoms with Gasteiger partial charge in [0.1, 0.15) is 5.01 Å². The third-order valence-electron chi connectivity index (χ3n) is 4.70. The molecule has 0 aliphatic heterocycles. The summed E-state index contributed by atoms with van der Waals surface area (Å²) in [7, 11) is 0. The zero-order valence-corrected chi connectivity index (χ0v) is 19.2. The Labute approximate surface area is 191 Å². The van der Waals surface area contributed by atoms with Gasteiger partial charge in [0.05, 0.1) is 12.1 Å². The lowest BCUT2D eigenvalue weighted by molar-refractivity contribution is -0.115. The van der Waals surface area contributed by atoms with Crippen molar-refractivity contribution in [2.24, 2.45) is 0 Å². The smallest absolute Gasteiger partial charge is 0.282 e. The summed E-state index contributed by atoms with van der Waals surface area (Å²) in [5, 5.41) is 23.3. The standard InChI is InChI=1S/C23H28N6O2S/c1-3-13-24-22(31)23-29-28-21(32-23)10-5-4-9-18-11-12-19(27-26-18)25-20(30)15-17-8-6-7-16(2)14-17/h6-8,11-12,14H,3-5,9-10,13,15H2,1-2H3,(H,24,31)(H,25,27,30). The molecule has 8 nitrogen and oxygen atoms in total. The van der Waals surface area contributed by atoms with Gasteiger partial charge in [0.2, 0.25) is 10.9 Å². The van der Waals surface area contributed by atoms with E-state index in [2.05, 4.69) is 31.0 Å². The van der Waals surface area contributed by atoms with Crippen LogP contribution in [0.25, 0.3) is 0 Å². The SMILES string of the molecule is CCCNC(=O)c1nnc(CCCCc2ccc(NC(=O)Cc3cccc(C)c3)nn2)s1. The number of benzene rings is 1. The van der Waals surface area contributed by atoms with Crippen molar-refractivity contribution in [1.29, 1.82) is 0 Å². The van der Waals surface area contributed by atoms with Gasteiger partial charge >= 0.3 is 0 Å². The van der Waals surface area contributed by atoms with Gasteiger partial charge in [-0.3, -0.25) is 9.59 Å². The first kappa shape index (κ1) is 23.5. The van der Waals surface area contributed by atoms with Crippen LogP contribution in [0.5, 0.6) is 0 Å². The van der Waals surface area contributed by atoms with Gasteiger partial charge in [0.25, 0.3) is 5.91 Å². The first-order valence-corrected chi connectivity index (χ1v) is 11.6. The van der Waals surface area contributed by atoms with Crippen LogP contribution in [0.4, 0.5) is 5.82 Å². The molecule has 2 N–H and O–H groups in total. The lowest BCUT2D eigenvalue weighted by Gasteiger charge is -2.05. The van der Waals surface area contributed by atoms with E-state index in [1.165, 1.54) is 11.3 Å². The maximum atomic E-state index is 12.2. The topological polar surface area (TPSA) is 110 Å². The lowest BCUT2D eigenvalue weighted by atomic mass is 10.1. The third-order valence-corrected chi connectivity index (χ3v) is 5.69. The van der Waals surface area contributed by atoms with E-state index in [1.807, 2.05) is 44.2 Å². The highest BCUT2D eigenvalue weighted by Gasteiger charge is 2.12. The number of carbonyl (C=O) groups excluding carboxylic acids is 2. The predicted octanol–water partition coefficient (Wildman–Crippen LogP) is 3.52. The number of amides is 2. The molecule has 0 bridgehead atoms. The molecule has 0 saturated heterocycles. The lowest BCUT2D eigenvalue weighted by Crippen LogP contribution is -2.23. The zero-order chi connectivity index (χ0) is 22.8. The van der Waals surface area contributed by atoms with Gasteiger partial charge in [-0.2, -0.15) is 5.10 Å². The normalized spacial score (nSPS) is 10.7. The highest BCUT2D eigenvalue weighted by Crippen LogP contribution is 2.14. The Hall–Kier alpha value is -3.20. The molecule has 0 atom stereocenters. The summed E-state index contributed by atoms with van der Waals surface area (Å²) in [6, 6.07) is 11.5. The Kier molecular flexibility index (Phi) is 8.79. The number of aryl methyl sites for hydroxylation is 3. The molecular weight excluding hydrogens is 424 g/mol. The van der Waals surface area contributed by atoms with Gasteiger partial charge < -0.3 is 10.6 Å². The van der Waals surface area contributed by atoms with Crippen LogP contribution in [-0.2, 0) is 24.1 Å².